The number of anilines is 1. The van der Waals surface area contributed by atoms with Gasteiger partial charge in [0, 0.05) is 18.2 Å². The minimum Gasteiger partial charge on any atom is -0.490 e. The molecular formula is C19H19F2N3O7. The number of alkyl halides is 2. The minimum absolute atomic E-state index is 0.168. The number of hydrogen-bond acceptors (Lipinski definition) is 8. The molecule has 4 rings (SSSR count). The predicted molar refractivity (Wildman–Crippen MR) is 100 cm³/mol. The Morgan fingerprint density at radius 2 is 2.00 bits per heavy atom. The summed E-state index contributed by atoms with van der Waals surface area (Å²) in [6.45, 7) is 0.0925. The highest BCUT2D eigenvalue weighted by atomic mass is 19.3. The number of halogens is 2. The SMILES string of the molecule is O=C(Nc1ccn([C@@H]2O[C@H](CO)[C@@H](O)C2(F)F)c(=O)n1)c1ccc2c(c1)OCCCO2. The zero-order valence-corrected chi connectivity index (χ0v) is 16.0. The number of hydrogen-bond donors (Lipinski definition) is 3. The van der Waals surface area contributed by atoms with Crippen molar-refractivity contribution >= 4 is 11.7 Å². The molecule has 12 heteroatoms. The topological polar surface area (TPSA) is 132 Å². The van der Waals surface area contributed by atoms with Crippen molar-refractivity contribution in [2.24, 2.45) is 0 Å². The van der Waals surface area contributed by atoms with E-state index in [9.17, 15) is 23.5 Å². The molecule has 2 aliphatic rings. The van der Waals surface area contributed by atoms with Gasteiger partial charge >= 0.3 is 11.6 Å². The van der Waals surface area contributed by atoms with Gasteiger partial charge in [0.15, 0.2) is 17.6 Å². The van der Waals surface area contributed by atoms with Crippen molar-refractivity contribution in [1.29, 1.82) is 0 Å². The molecule has 10 nitrogen and oxygen atoms in total. The first kappa shape index (κ1) is 21.2. The summed E-state index contributed by atoms with van der Waals surface area (Å²) in [6.07, 6.45) is -4.31. The summed E-state index contributed by atoms with van der Waals surface area (Å²) in [6, 6.07) is 5.72. The van der Waals surface area contributed by atoms with E-state index < -0.39 is 42.6 Å². The lowest BCUT2D eigenvalue weighted by Gasteiger charge is -2.21. The van der Waals surface area contributed by atoms with Crippen LogP contribution in [0.4, 0.5) is 14.6 Å². The second-order valence-electron chi connectivity index (χ2n) is 7.00. The summed E-state index contributed by atoms with van der Waals surface area (Å²) in [4.78, 5) is 28.4. The van der Waals surface area contributed by atoms with Gasteiger partial charge in [-0.15, -0.1) is 0 Å². The summed E-state index contributed by atoms with van der Waals surface area (Å²) >= 11 is 0. The molecule has 1 aromatic heterocycles. The van der Waals surface area contributed by atoms with Crippen LogP contribution in [0.2, 0.25) is 0 Å². The van der Waals surface area contributed by atoms with Crippen molar-refractivity contribution in [2.45, 2.75) is 30.8 Å². The van der Waals surface area contributed by atoms with Gasteiger partial charge in [-0.25, -0.2) is 4.79 Å². The van der Waals surface area contributed by atoms with Crippen LogP contribution in [-0.2, 0) is 4.74 Å². The molecule has 0 saturated carbocycles. The highest BCUT2D eigenvalue weighted by Gasteiger charge is 2.59. The molecule has 3 N–H and O–H groups in total. The number of aliphatic hydroxyl groups is 2. The van der Waals surface area contributed by atoms with E-state index in [1.54, 1.807) is 6.07 Å². The maximum atomic E-state index is 14.2. The number of rotatable bonds is 4. The predicted octanol–water partition coefficient (Wildman–Crippen LogP) is 0.543. The number of nitrogens with one attached hydrogen (secondary N) is 1. The van der Waals surface area contributed by atoms with Gasteiger partial charge in [-0.2, -0.15) is 13.8 Å². The van der Waals surface area contributed by atoms with E-state index in [0.29, 0.717) is 35.7 Å². The van der Waals surface area contributed by atoms with Gasteiger partial charge in [0.2, 0.25) is 6.23 Å². The molecule has 1 saturated heterocycles. The number of carbonyl (C=O) groups is 1. The fraction of sp³-hybridized carbons (Fsp3) is 0.421. The normalized spacial score (nSPS) is 24.5. The Labute approximate surface area is 174 Å². The smallest absolute Gasteiger partial charge is 0.351 e. The average molecular weight is 439 g/mol. The first-order valence-electron chi connectivity index (χ1n) is 9.43. The van der Waals surface area contributed by atoms with Crippen molar-refractivity contribution < 1.29 is 38.0 Å². The molecule has 1 fully saturated rings. The number of nitrogens with zero attached hydrogens (tertiary/aromatic N) is 2. The highest BCUT2D eigenvalue weighted by molar-refractivity contribution is 6.04. The van der Waals surface area contributed by atoms with Crippen LogP contribution in [0.25, 0.3) is 0 Å². The summed E-state index contributed by atoms with van der Waals surface area (Å²) < 4.78 is 44.9. The molecule has 0 aliphatic carbocycles. The lowest BCUT2D eigenvalue weighted by Crippen LogP contribution is -2.41. The van der Waals surface area contributed by atoms with Crippen molar-refractivity contribution in [3.8, 4) is 11.5 Å². The zero-order chi connectivity index (χ0) is 22.2. The van der Waals surface area contributed by atoms with E-state index in [0.717, 1.165) is 12.3 Å². The summed E-state index contributed by atoms with van der Waals surface area (Å²) in [7, 11) is 0. The van der Waals surface area contributed by atoms with Gasteiger partial charge in [0.05, 0.1) is 19.8 Å². The largest absolute Gasteiger partial charge is 0.490 e. The van der Waals surface area contributed by atoms with Gasteiger partial charge in [-0.3, -0.25) is 9.36 Å². The van der Waals surface area contributed by atoms with Gasteiger partial charge in [0.25, 0.3) is 5.91 Å². The van der Waals surface area contributed by atoms with Crippen LogP contribution in [0.3, 0.4) is 0 Å². The molecule has 1 aromatic carbocycles. The summed E-state index contributed by atoms with van der Waals surface area (Å²) in [5.41, 5.74) is -0.915. The number of amides is 1. The Balaban J connectivity index is 1.52. The first-order chi connectivity index (χ1) is 14.8. The van der Waals surface area contributed by atoms with Crippen LogP contribution < -0.4 is 20.5 Å². The molecular weight excluding hydrogens is 420 g/mol. The number of aliphatic hydroxyl groups excluding tert-OH is 2. The Morgan fingerprint density at radius 1 is 1.26 bits per heavy atom. The minimum atomic E-state index is -3.83. The van der Waals surface area contributed by atoms with Crippen molar-refractivity contribution in [2.75, 3.05) is 25.1 Å². The Hall–Kier alpha value is -3.09. The Morgan fingerprint density at radius 3 is 2.68 bits per heavy atom. The Kier molecular flexibility index (Phi) is 5.60. The maximum Gasteiger partial charge on any atom is 0.351 e. The second kappa shape index (κ2) is 8.21. The highest BCUT2D eigenvalue weighted by Crippen LogP contribution is 2.42. The number of ether oxygens (including phenoxy) is 3. The number of fused-ring (bicyclic) bond motifs is 1. The van der Waals surface area contributed by atoms with E-state index in [2.05, 4.69) is 10.3 Å². The number of aromatic nitrogens is 2. The summed E-state index contributed by atoms with van der Waals surface area (Å²) in [5, 5.41) is 21.1. The fourth-order valence-corrected chi connectivity index (χ4v) is 3.27. The summed E-state index contributed by atoms with van der Waals surface area (Å²) in [5.74, 6) is -3.67. The molecule has 166 valence electrons. The van der Waals surface area contributed by atoms with Crippen molar-refractivity contribution in [1.82, 2.24) is 9.55 Å². The number of carbonyl (C=O) groups excluding carboxylic acids is 1. The zero-order valence-electron chi connectivity index (χ0n) is 16.0. The van der Waals surface area contributed by atoms with Crippen LogP contribution in [0, 0.1) is 0 Å². The molecule has 3 atom stereocenters. The molecule has 2 aromatic rings. The van der Waals surface area contributed by atoms with Crippen LogP contribution in [0.1, 0.15) is 23.0 Å². The monoisotopic (exact) mass is 439 g/mol. The molecule has 0 radical (unpaired) electrons. The molecule has 3 heterocycles. The van der Waals surface area contributed by atoms with Crippen LogP contribution in [0.15, 0.2) is 35.3 Å². The van der Waals surface area contributed by atoms with Crippen molar-refractivity contribution in [3.63, 3.8) is 0 Å². The van der Waals surface area contributed by atoms with Crippen LogP contribution >= 0.6 is 0 Å². The maximum absolute atomic E-state index is 14.2. The molecule has 2 aliphatic heterocycles. The van der Waals surface area contributed by atoms with E-state index >= 15 is 0 Å². The van der Waals surface area contributed by atoms with Crippen LogP contribution in [-0.4, -0.2) is 63.6 Å². The third-order valence-electron chi connectivity index (χ3n) is 4.89. The first-order valence-corrected chi connectivity index (χ1v) is 9.43. The van der Waals surface area contributed by atoms with E-state index in [1.165, 1.54) is 12.1 Å². The Bertz CT molecular complexity index is 1050. The average Bonchev–Trinajstić information content (AvgIpc) is 2.90. The fourth-order valence-electron chi connectivity index (χ4n) is 3.27. The molecule has 1 amide bonds. The molecule has 0 unspecified atom stereocenters. The molecule has 0 spiro atoms. The quantitative estimate of drug-likeness (QED) is 0.629. The van der Waals surface area contributed by atoms with E-state index in [1.807, 2.05) is 0 Å². The van der Waals surface area contributed by atoms with Gasteiger partial charge in [0.1, 0.15) is 11.9 Å². The van der Waals surface area contributed by atoms with Gasteiger partial charge in [-0.05, 0) is 24.3 Å². The van der Waals surface area contributed by atoms with Crippen LogP contribution in [0.5, 0.6) is 11.5 Å². The van der Waals surface area contributed by atoms with E-state index in [-0.39, 0.29) is 11.4 Å². The molecule has 0 bridgehead atoms. The van der Waals surface area contributed by atoms with Gasteiger partial charge < -0.3 is 29.7 Å². The van der Waals surface area contributed by atoms with Gasteiger partial charge in [-0.1, -0.05) is 0 Å². The third-order valence-corrected chi connectivity index (χ3v) is 4.89. The standard InChI is InChI=1S/C19H19F2N3O7/c20-19(21)15(26)13(9-25)31-17(19)24-5-4-14(23-18(24)28)22-16(27)10-2-3-11-12(8-10)30-7-1-6-29-11/h2-5,8,13,15,17,25-26H,1,6-7,9H2,(H,22,23,27,28)/t13-,15-,17-/m1/s1. The van der Waals surface area contributed by atoms with Crippen molar-refractivity contribution in [3.05, 3.63) is 46.5 Å². The lowest BCUT2D eigenvalue weighted by molar-refractivity contribution is -0.140. The third kappa shape index (κ3) is 3.96. The van der Waals surface area contributed by atoms with E-state index in [4.69, 9.17) is 19.3 Å². The second-order valence-corrected chi connectivity index (χ2v) is 7.00. The lowest BCUT2D eigenvalue weighted by atomic mass is 10.1. The molecule has 31 heavy (non-hydrogen) atoms. The number of benzene rings is 1.